The van der Waals surface area contributed by atoms with E-state index in [4.69, 9.17) is 0 Å². The lowest BCUT2D eigenvalue weighted by atomic mass is 9.95. The Morgan fingerprint density at radius 2 is 1.28 bits per heavy atom. The molecule has 25 heavy (non-hydrogen) atoms. The standard InChI is InChI=1S/C20H15NO3S/c22-19(17-9-5-2-6-10-17)20(25,21(23)24)18-13-11-16(12-14-18)15-7-3-1-4-8-15/h1-14,25H. The number of carbonyl (C=O) groups is 1. The molecule has 0 aliphatic rings. The highest BCUT2D eigenvalue weighted by atomic mass is 32.1. The van der Waals surface area contributed by atoms with E-state index in [1.54, 1.807) is 54.6 Å². The Hall–Kier alpha value is -2.92. The summed E-state index contributed by atoms with van der Waals surface area (Å²) < 4.78 is 0. The fraction of sp³-hybridized carbons (Fsp3) is 0.0500. The van der Waals surface area contributed by atoms with Crippen LogP contribution in [0.2, 0.25) is 0 Å². The molecule has 1 unspecified atom stereocenters. The van der Waals surface area contributed by atoms with Crippen molar-refractivity contribution in [3.8, 4) is 11.1 Å². The van der Waals surface area contributed by atoms with Crippen molar-refractivity contribution in [2.45, 2.75) is 4.87 Å². The van der Waals surface area contributed by atoms with Crippen LogP contribution in [-0.2, 0) is 4.87 Å². The van der Waals surface area contributed by atoms with Crippen LogP contribution >= 0.6 is 12.6 Å². The molecule has 0 aliphatic heterocycles. The molecular formula is C20H15NO3S. The highest BCUT2D eigenvalue weighted by Crippen LogP contribution is 2.34. The first-order valence-electron chi connectivity index (χ1n) is 7.66. The minimum Gasteiger partial charge on any atom is -0.285 e. The number of benzene rings is 3. The van der Waals surface area contributed by atoms with Crippen molar-refractivity contribution in [1.82, 2.24) is 0 Å². The fourth-order valence-corrected chi connectivity index (χ4v) is 2.91. The molecule has 0 amide bonds. The number of carbonyl (C=O) groups excluding carboxylic acids is 1. The number of Topliss-reactive ketones (excluding diaryl/α,β-unsaturated/α-hetero) is 1. The number of nitro groups is 1. The molecular weight excluding hydrogens is 334 g/mol. The Morgan fingerprint density at radius 1 is 0.800 bits per heavy atom. The molecule has 0 saturated carbocycles. The van der Waals surface area contributed by atoms with Gasteiger partial charge in [-0.3, -0.25) is 14.9 Å². The molecule has 0 heterocycles. The summed E-state index contributed by atoms with van der Waals surface area (Å²) in [7, 11) is 0. The van der Waals surface area contributed by atoms with E-state index >= 15 is 0 Å². The van der Waals surface area contributed by atoms with Gasteiger partial charge in [0.25, 0.3) is 5.78 Å². The summed E-state index contributed by atoms with van der Waals surface area (Å²) >= 11 is 4.18. The van der Waals surface area contributed by atoms with Gasteiger partial charge in [0.2, 0.25) is 0 Å². The maximum atomic E-state index is 12.7. The average Bonchev–Trinajstić information content (AvgIpc) is 2.68. The largest absolute Gasteiger partial charge is 0.351 e. The molecule has 0 bridgehead atoms. The number of hydrogen-bond acceptors (Lipinski definition) is 4. The van der Waals surface area contributed by atoms with Crippen molar-refractivity contribution in [2.75, 3.05) is 0 Å². The average molecular weight is 349 g/mol. The number of ketones is 1. The van der Waals surface area contributed by atoms with Crippen LogP contribution in [0.15, 0.2) is 84.9 Å². The predicted molar refractivity (Wildman–Crippen MR) is 100 cm³/mol. The Bertz CT molecular complexity index is 895. The van der Waals surface area contributed by atoms with Gasteiger partial charge in [-0.15, -0.1) is 0 Å². The molecule has 0 fully saturated rings. The minimum absolute atomic E-state index is 0.231. The maximum Gasteiger partial charge on any atom is 0.351 e. The lowest BCUT2D eigenvalue weighted by Gasteiger charge is -2.19. The Morgan fingerprint density at radius 3 is 1.80 bits per heavy atom. The van der Waals surface area contributed by atoms with Crippen molar-refractivity contribution < 1.29 is 9.72 Å². The SMILES string of the molecule is O=C(c1ccccc1)C(S)(c1ccc(-c2ccccc2)cc1)[N+](=O)[O-]. The van der Waals surface area contributed by atoms with Crippen LogP contribution in [0.3, 0.4) is 0 Å². The maximum absolute atomic E-state index is 12.7. The number of thiol groups is 1. The van der Waals surface area contributed by atoms with Gasteiger partial charge in [0, 0.05) is 11.1 Å². The first-order chi connectivity index (χ1) is 12.0. The van der Waals surface area contributed by atoms with Crippen LogP contribution in [0.25, 0.3) is 11.1 Å². The Labute approximate surface area is 150 Å². The van der Waals surface area contributed by atoms with E-state index in [9.17, 15) is 14.9 Å². The quantitative estimate of drug-likeness (QED) is 0.241. The monoisotopic (exact) mass is 349 g/mol. The van der Waals surface area contributed by atoms with Crippen molar-refractivity contribution in [3.05, 3.63) is 106 Å². The smallest absolute Gasteiger partial charge is 0.285 e. The van der Waals surface area contributed by atoms with Gasteiger partial charge in [-0.1, -0.05) is 85.4 Å². The highest BCUT2D eigenvalue weighted by Gasteiger charge is 2.49. The van der Waals surface area contributed by atoms with E-state index in [1.165, 1.54) is 0 Å². The van der Waals surface area contributed by atoms with Crippen LogP contribution in [0.1, 0.15) is 15.9 Å². The number of nitrogens with zero attached hydrogens (tertiary/aromatic N) is 1. The Kier molecular flexibility index (Phi) is 4.67. The summed E-state index contributed by atoms with van der Waals surface area (Å²) in [6, 6.07) is 24.5. The molecule has 0 aliphatic carbocycles. The van der Waals surface area contributed by atoms with Crippen molar-refractivity contribution in [2.24, 2.45) is 0 Å². The van der Waals surface area contributed by atoms with E-state index in [0.717, 1.165) is 11.1 Å². The van der Waals surface area contributed by atoms with Gasteiger partial charge in [-0.25, -0.2) is 0 Å². The molecule has 124 valence electrons. The second-order valence-electron chi connectivity index (χ2n) is 5.57. The van der Waals surface area contributed by atoms with Gasteiger partial charge in [0.1, 0.15) is 0 Å². The van der Waals surface area contributed by atoms with Gasteiger partial charge in [0.05, 0.1) is 4.92 Å². The molecule has 1 atom stereocenters. The summed E-state index contributed by atoms with van der Waals surface area (Å²) in [5.74, 6) is -0.658. The van der Waals surface area contributed by atoms with E-state index in [2.05, 4.69) is 12.6 Å². The normalized spacial score (nSPS) is 13.0. The molecule has 3 rings (SSSR count). The molecule has 0 spiro atoms. The molecule has 0 aromatic heterocycles. The molecule has 3 aromatic carbocycles. The van der Waals surface area contributed by atoms with E-state index < -0.39 is 15.6 Å². The molecule has 4 nitrogen and oxygen atoms in total. The number of rotatable bonds is 5. The van der Waals surface area contributed by atoms with Crippen molar-refractivity contribution >= 4 is 18.4 Å². The Balaban J connectivity index is 2.01. The summed E-state index contributed by atoms with van der Waals surface area (Å²) in [5.41, 5.74) is 2.39. The predicted octanol–water partition coefficient (Wildman–Crippen LogP) is 4.60. The highest BCUT2D eigenvalue weighted by molar-refractivity contribution is 7.82. The lowest BCUT2D eigenvalue weighted by Crippen LogP contribution is -2.38. The van der Waals surface area contributed by atoms with E-state index in [0.29, 0.717) is 0 Å². The summed E-state index contributed by atoms with van der Waals surface area (Å²) in [4.78, 5) is 21.7. The van der Waals surface area contributed by atoms with Gasteiger partial charge in [-0.05, 0) is 23.3 Å². The topological polar surface area (TPSA) is 60.2 Å². The van der Waals surface area contributed by atoms with E-state index in [1.807, 2.05) is 30.3 Å². The third-order valence-electron chi connectivity index (χ3n) is 4.01. The van der Waals surface area contributed by atoms with Crippen LogP contribution in [0, 0.1) is 10.1 Å². The molecule has 0 radical (unpaired) electrons. The van der Waals surface area contributed by atoms with Gasteiger partial charge in [0.15, 0.2) is 0 Å². The van der Waals surface area contributed by atoms with Gasteiger partial charge >= 0.3 is 4.87 Å². The third-order valence-corrected chi connectivity index (χ3v) is 4.64. The second-order valence-corrected chi connectivity index (χ2v) is 6.22. The second kappa shape index (κ2) is 6.91. The zero-order valence-corrected chi connectivity index (χ0v) is 14.1. The van der Waals surface area contributed by atoms with Crippen LogP contribution < -0.4 is 0 Å². The first kappa shape index (κ1) is 16.9. The van der Waals surface area contributed by atoms with Gasteiger partial charge in [-0.2, -0.15) is 0 Å². The molecule has 5 heteroatoms. The van der Waals surface area contributed by atoms with Crippen LogP contribution in [-0.4, -0.2) is 10.7 Å². The minimum atomic E-state index is -2.13. The van der Waals surface area contributed by atoms with Crippen LogP contribution in [0.4, 0.5) is 0 Å². The molecule has 0 N–H and O–H groups in total. The third kappa shape index (κ3) is 3.19. The summed E-state index contributed by atoms with van der Waals surface area (Å²) in [5, 5.41) is 11.7. The molecule has 3 aromatic rings. The number of hydrogen-bond donors (Lipinski definition) is 1. The van der Waals surface area contributed by atoms with Crippen molar-refractivity contribution in [1.29, 1.82) is 0 Å². The zero-order chi connectivity index (χ0) is 17.9. The zero-order valence-electron chi connectivity index (χ0n) is 13.2. The molecule has 0 saturated heterocycles. The van der Waals surface area contributed by atoms with E-state index in [-0.39, 0.29) is 11.1 Å². The van der Waals surface area contributed by atoms with Crippen LogP contribution in [0.5, 0.6) is 0 Å². The van der Waals surface area contributed by atoms with Gasteiger partial charge < -0.3 is 0 Å². The first-order valence-corrected chi connectivity index (χ1v) is 8.11. The van der Waals surface area contributed by atoms with Crippen molar-refractivity contribution in [3.63, 3.8) is 0 Å². The fourth-order valence-electron chi connectivity index (χ4n) is 2.64. The summed E-state index contributed by atoms with van der Waals surface area (Å²) in [6.45, 7) is 0. The lowest BCUT2D eigenvalue weighted by molar-refractivity contribution is -0.526. The summed E-state index contributed by atoms with van der Waals surface area (Å²) in [6.07, 6.45) is 0.